The molecule has 8 atom stereocenters. The first-order valence-electron chi connectivity index (χ1n) is 16.1. The molecule has 2 bridgehead atoms. The smallest absolute Gasteiger partial charge is 0.410 e. The quantitative estimate of drug-likeness (QED) is 0.294. The minimum atomic E-state index is -1.04. The Kier molecular flexibility index (Phi) is 5.84. The highest BCUT2D eigenvalue weighted by atomic mass is 19.2. The van der Waals surface area contributed by atoms with Crippen LogP contribution in [0.5, 0.6) is 0 Å². The number of amides is 1. The van der Waals surface area contributed by atoms with Crippen LogP contribution in [-0.2, 0) is 11.3 Å². The first kappa shape index (κ1) is 28.2. The molecular weight excluding hydrogens is 560 g/mol. The van der Waals surface area contributed by atoms with Gasteiger partial charge in [-0.25, -0.2) is 13.6 Å². The van der Waals surface area contributed by atoms with E-state index in [1.807, 2.05) is 35.2 Å². The van der Waals surface area contributed by atoms with E-state index in [2.05, 4.69) is 32.1 Å². The number of aliphatic hydroxyl groups is 1. The summed E-state index contributed by atoms with van der Waals surface area (Å²) in [5, 5.41) is 10.9. The average molecular weight is 600 g/mol. The summed E-state index contributed by atoms with van der Waals surface area (Å²) < 4.78 is 34.8. The lowest BCUT2D eigenvalue weighted by atomic mass is 9.32. The fourth-order valence-electron chi connectivity index (χ4n) is 11.1. The van der Waals surface area contributed by atoms with Crippen molar-refractivity contribution in [3.05, 3.63) is 95.1 Å². The summed E-state index contributed by atoms with van der Waals surface area (Å²) >= 11 is 0. The topological polar surface area (TPSA) is 66.8 Å². The van der Waals surface area contributed by atoms with Crippen LogP contribution in [0.3, 0.4) is 0 Å². The monoisotopic (exact) mass is 599 g/mol. The number of benzene rings is 2. The van der Waals surface area contributed by atoms with Gasteiger partial charge in [0.1, 0.15) is 5.60 Å². The average Bonchev–Trinajstić information content (AvgIpc) is 3.48. The third kappa shape index (κ3) is 3.42. The number of nitrogens with zero attached hydrogens (tertiary/aromatic N) is 1. The summed E-state index contributed by atoms with van der Waals surface area (Å²) in [7, 11) is 0. The molecule has 7 heteroatoms. The van der Waals surface area contributed by atoms with Gasteiger partial charge in [0.2, 0.25) is 0 Å². The van der Waals surface area contributed by atoms with Crippen LogP contribution in [0.2, 0.25) is 0 Å². The summed E-state index contributed by atoms with van der Waals surface area (Å²) in [6, 6.07) is 13.4. The van der Waals surface area contributed by atoms with E-state index in [0.29, 0.717) is 31.5 Å². The molecule has 0 aromatic heterocycles. The minimum Gasteiger partial charge on any atom is -0.440 e. The van der Waals surface area contributed by atoms with Crippen molar-refractivity contribution in [2.45, 2.75) is 77.0 Å². The van der Waals surface area contributed by atoms with Gasteiger partial charge in [0, 0.05) is 33.9 Å². The molecule has 5 nitrogen and oxygen atoms in total. The fourth-order valence-corrected chi connectivity index (χ4v) is 11.1. The Morgan fingerprint density at radius 3 is 2.45 bits per heavy atom. The van der Waals surface area contributed by atoms with Crippen LogP contribution in [0.1, 0.15) is 74.7 Å². The van der Waals surface area contributed by atoms with Crippen molar-refractivity contribution in [1.29, 1.82) is 0 Å². The van der Waals surface area contributed by atoms with Gasteiger partial charge in [0.25, 0.3) is 0 Å². The number of fused-ring (bicyclic) bond motifs is 2. The number of hydrogen-bond donors (Lipinski definition) is 1. The number of allylic oxidation sites excluding steroid dienone is 4. The van der Waals surface area contributed by atoms with E-state index >= 15 is 0 Å². The third-order valence-corrected chi connectivity index (χ3v) is 13.3. The molecule has 8 unspecified atom stereocenters. The van der Waals surface area contributed by atoms with Crippen LogP contribution in [0.15, 0.2) is 72.3 Å². The van der Waals surface area contributed by atoms with Crippen molar-refractivity contribution >= 4 is 11.9 Å². The molecule has 6 aliphatic carbocycles. The van der Waals surface area contributed by atoms with E-state index in [-0.39, 0.29) is 34.7 Å². The lowest BCUT2D eigenvalue weighted by molar-refractivity contribution is -0.164. The van der Waals surface area contributed by atoms with E-state index in [9.17, 15) is 23.5 Å². The summed E-state index contributed by atoms with van der Waals surface area (Å²) in [4.78, 5) is 29.8. The summed E-state index contributed by atoms with van der Waals surface area (Å²) in [5.41, 5.74) is -0.541. The number of carbonyl (C=O) groups excluding carboxylic acids is 2. The van der Waals surface area contributed by atoms with Crippen molar-refractivity contribution in [3.63, 3.8) is 0 Å². The maximum atomic E-state index is 14.5. The largest absolute Gasteiger partial charge is 0.440 e. The maximum Gasteiger partial charge on any atom is 0.410 e. The van der Waals surface area contributed by atoms with Crippen molar-refractivity contribution in [2.24, 2.45) is 33.5 Å². The fraction of sp³-hybridized carbons (Fsp3) is 0.514. The second kappa shape index (κ2) is 9.12. The van der Waals surface area contributed by atoms with E-state index in [1.165, 1.54) is 6.07 Å². The second-order valence-electron chi connectivity index (χ2n) is 14.9. The van der Waals surface area contributed by atoms with E-state index in [1.54, 1.807) is 0 Å². The number of ether oxygens (including phenoxy) is 1. The maximum absolute atomic E-state index is 14.5. The molecule has 4 fully saturated rings. The highest BCUT2D eigenvalue weighted by Crippen LogP contribution is 2.79. The summed E-state index contributed by atoms with van der Waals surface area (Å²) in [5.74, 6) is -2.16. The first-order chi connectivity index (χ1) is 21.0. The van der Waals surface area contributed by atoms with Crippen LogP contribution >= 0.6 is 0 Å². The zero-order chi connectivity index (χ0) is 30.7. The molecule has 3 saturated carbocycles. The van der Waals surface area contributed by atoms with E-state index in [4.69, 9.17) is 4.74 Å². The molecular formula is C37H39F2NO4. The molecule has 1 saturated heterocycles. The van der Waals surface area contributed by atoms with Crippen LogP contribution in [0.25, 0.3) is 0 Å². The Morgan fingerprint density at radius 1 is 0.955 bits per heavy atom. The molecule has 1 heterocycles. The zero-order valence-corrected chi connectivity index (χ0v) is 25.3. The Labute approximate surface area is 257 Å². The van der Waals surface area contributed by atoms with Crippen LogP contribution in [0, 0.1) is 45.1 Å². The van der Waals surface area contributed by atoms with Gasteiger partial charge in [0.05, 0.1) is 12.6 Å². The van der Waals surface area contributed by atoms with E-state index in [0.717, 1.165) is 49.8 Å². The number of hydrogen-bond acceptors (Lipinski definition) is 4. The third-order valence-electron chi connectivity index (χ3n) is 13.3. The standard InChI is InChI=1S/C37H39F2NO4/c1-33-13-10-25(41)19-35(33)16-17-37(26(20-35)31(42)24-8-9-27(38)28(39)18-24)29(33)11-14-34(2)30(37)12-15-36(34)22-40(32(43)44-36)21-23-6-4-3-5-7-23/h3-9,16-18,20,25,29-30,41H,10-15,19,21-22H2,1-2H3. The Morgan fingerprint density at radius 2 is 1.68 bits per heavy atom. The van der Waals surface area contributed by atoms with Gasteiger partial charge in [-0.2, -0.15) is 0 Å². The Hall–Kier alpha value is -3.32. The van der Waals surface area contributed by atoms with Gasteiger partial charge in [-0.1, -0.05) is 62.4 Å². The van der Waals surface area contributed by atoms with Gasteiger partial charge < -0.3 is 9.84 Å². The molecule has 9 rings (SSSR count). The number of halogens is 2. The van der Waals surface area contributed by atoms with Gasteiger partial charge in [-0.15, -0.1) is 0 Å². The molecule has 7 aliphatic rings. The molecule has 230 valence electrons. The van der Waals surface area contributed by atoms with Crippen molar-refractivity contribution in [1.82, 2.24) is 4.90 Å². The SMILES string of the molecule is CC12CCC(O)CC13C=CC1(C(C(=O)c4ccc(F)c(F)c4)=C3)C2CCC2(C)C1CCC21CN(Cc2ccccc2)C(=O)O1. The Bertz CT molecular complexity index is 1640. The summed E-state index contributed by atoms with van der Waals surface area (Å²) in [6.45, 7) is 5.58. The molecule has 44 heavy (non-hydrogen) atoms. The lowest BCUT2D eigenvalue weighted by Crippen LogP contribution is -2.67. The van der Waals surface area contributed by atoms with Gasteiger partial charge in [-0.05, 0) is 86.0 Å². The zero-order valence-electron chi connectivity index (χ0n) is 25.3. The predicted molar refractivity (Wildman–Crippen MR) is 160 cm³/mol. The number of aliphatic hydroxyl groups excluding tert-OH is 1. The molecule has 3 spiro atoms. The van der Waals surface area contributed by atoms with Crippen LogP contribution in [0.4, 0.5) is 13.6 Å². The molecule has 1 aliphatic heterocycles. The van der Waals surface area contributed by atoms with Gasteiger partial charge in [-0.3, -0.25) is 9.69 Å². The number of ketones is 1. The van der Waals surface area contributed by atoms with Gasteiger partial charge in [0.15, 0.2) is 17.4 Å². The van der Waals surface area contributed by atoms with Crippen LogP contribution < -0.4 is 0 Å². The van der Waals surface area contributed by atoms with Crippen LogP contribution in [-0.4, -0.2) is 40.1 Å². The lowest BCUT2D eigenvalue weighted by Gasteiger charge is -2.71. The minimum absolute atomic E-state index is 0.0111. The molecule has 1 N–H and O–H groups in total. The molecule has 2 aromatic rings. The highest BCUT2D eigenvalue weighted by Gasteiger charge is 2.76. The van der Waals surface area contributed by atoms with Crippen molar-refractivity contribution in [3.8, 4) is 0 Å². The van der Waals surface area contributed by atoms with Gasteiger partial charge >= 0.3 is 6.09 Å². The first-order valence-corrected chi connectivity index (χ1v) is 16.1. The number of Topliss-reactive ketones (excluding diaryl/α,β-unsaturated/α-hetero) is 1. The predicted octanol–water partition coefficient (Wildman–Crippen LogP) is 7.40. The second-order valence-corrected chi connectivity index (χ2v) is 14.9. The van der Waals surface area contributed by atoms with E-state index < -0.39 is 39.6 Å². The molecule has 0 radical (unpaired) electrons. The number of carbonyl (C=O) groups is 2. The number of rotatable bonds is 4. The van der Waals surface area contributed by atoms with Crippen molar-refractivity contribution in [2.75, 3.05) is 6.54 Å². The normalized spacial score (nSPS) is 41.7. The molecule has 1 amide bonds. The summed E-state index contributed by atoms with van der Waals surface area (Å²) in [6.07, 6.45) is 11.2. The Balaban J connectivity index is 1.24. The highest BCUT2D eigenvalue weighted by molar-refractivity contribution is 6.10. The molecule has 2 aromatic carbocycles. The van der Waals surface area contributed by atoms with Crippen molar-refractivity contribution < 1.29 is 28.2 Å².